The van der Waals surface area contributed by atoms with E-state index in [0.29, 0.717) is 25.3 Å². The maximum atomic E-state index is 12.7. The van der Waals surface area contributed by atoms with Gasteiger partial charge >= 0.3 is 6.09 Å². The van der Waals surface area contributed by atoms with E-state index in [4.69, 9.17) is 4.74 Å². The molecule has 0 saturated carbocycles. The molecule has 1 aliphatic heterocycles. The molecule has 6 nitrogen and oxygen atoms in total. The van der Waals surface area contributed by atoms with E-state index in [-0.39, 0.29) is 18.0 Å². The highest BCUT2D eigenvalue weighted by molar-refractivity contribution is 9.10. The molecule has 0 spiro atoms. The summed E-state index contributed by atoms with van der Waals surface area (Å²) >= 11 is 3.45. The molecule has 0 atom stereocenters. The summed E-state index contributed by atoms with van der Waals surface area (Å²) in [5, 5.41) is 3.00. The second-order valence-corrected chi connectivity index (χ2v) is 9.23. The second-order valence-electron chi connectivity index (χ2n) is 8.31. The van der Waals surface area contributed by atoms with Gasteiger partial charge in [-0.05, 0) is 63.4 Å². The van der Waals surface area contributed by atoms with Gasteiger partial charge in [-0.15, -0.1) is 0 Å². The number of aromatic nitrogens is 1. The van der Waals surface area contributed by atoms with Crippen LogP contribution in [0.4, 0.5) is 4.79 Å². The number of hydrogen-bond donors (Lipinski definition) is 1. The average molecular weight is 462 g/mol. The number of hydrogen-bond acceptors (Lipinski definition) is 3. The smallest absolute Gasteiger partial charge is 0.410 e. The third kappa shape index (κ3) is 5.85. The Hall–Kier alpha value is -2.28. The zero-order valence-corrected chi connectivity index (χ0v) is 18.7. The highest BCUT2D eigenvalue weighted by Gasteiger charge is 2.28. The standard InChI is InChI=1S/C22H28BrN3O3/c1-22(2,3)29-21(28)25-12-9-18(10-13-25)26-11-5-8-19(26)20(27)24-15-16-6-4-7-17(23)14-16/h4-8,11,14,18H,9-10,12-13,15H2,1-3H3,(H,24,27). The van der Waals surface area contributed by atoms with Crippen LogP contribution in [-0.4, -0.2) is 40.2 Å². The number of nitrogens with one attached hydrogen (secondary N) is 1. The molecule has 2 aromatic rings. The van der Waals surface area contributed by atoms with Crippen LogP contribution < -0.4 is 5.32 Å². The zero-order valence-electron chi connectivity index (χ0n) is 17.2. The minimum Gasteiger partial charge on any atom is -0.444 e. The number of carbonyl (C=O) groups is 2. The quantitative estimate of drug-likeness (QED) is 0.713. The molecular formula is C22H28BrN3O3. The maximum absolute atomic E-state index is 12.7. The number of nitrogens with zero attached hydrogens (tertiary/aromatic N) is 2. The van der Waals surface area contributed by atoms with Crippen LogP contribution in [0.2, 0.25) is 0 Å². The molecule has 1 fully saturated rings. The number of piperidine rings is 1. The van der Waals surface area contributed by atoms with Crippen LogP contribution in [0.1, 0.15) is 55.7 Å². The fourth-order valence-corrected chi connectivity index (χ4v) is 3.92. The normalized spacial score (nSPS) is 15.2. The van der Waals surface area contributed by atoms with E-state index in [2.05, 4.69) is 21.2 Å². The van der Waals surface area contributed by atoms with Crippen molar-refractivity contribution in [3.63, 3.8) is 0 Å². The van der Waals surface area contributed by atoms with Gasteiger partial charge in [0.1, 0.15) is 11.3 Å². The Morgan fingerprint density at radius 3 is 2.55 bits per heavy atom. The summed E-state index contributed by atoms with van der Waals surface area (Å²) in [5.74, 6) is -0.0930. The molecule has 1 aliphatic rings. The third-order valence-corrected chi connectivity index (χ3v) is 5.36. The van der Waals surface area contributed by atoms with E-state index >= 15 is 0 Å². The number of rotatable bonds is 4. The Bertz CT molecular complexity index is 864. The van der Waals surface area contributed by atoms with Crippen LogP contribution in [0.25, 0.3) is 0 Å². The summed E-state index contributed by atoms with van der Waals surface area (Å²) in [6.45, 7) is 7.33. The van der Waals surface area contributed by atoms with Crippen LogP contribution in [0, 0.1) is 0 Å². The van der Waals surface area contributed by atoms with Crippen molar-refractivity contribution in [3.05, 3.63) is 58.3 Å². The first kappa shape index (κ1) is 21.4. The Kier molecular flexibility index (Phi) is 6.67. The Morgan fingerprint density at radius 2 is 1.90 bits per heavy atom. The highest BCUT2D eigenvalue weighted by Crippen LogP contribution is 2.26. The van der Waals surface area contributed by atoms with Gasteiger partial charge in [-0.2, -0.15) is 0 Å². The lowest BCUT2D eigenvalue weighted by atomic mass is 10.0. The molecule has 0 bridgehead atoms. The molecule has 0 aliphatic carbocycles. The molecule has 1 aromatic heterocycles. The largest absolute Gasteiger partial charge is 0.444 e. The predicted octanol–water partition coefficient (Wildman–Crippen LogP) is 4.75. The summed E-state index contributed by atoms with van der Waals surface area (Å²) in [7, 11) is 0. The number of benzene rings is 1. The topological polar surface area (TPSA) is 63.6 Å². The van der Waals surface area contributed by atoms with Gasteiger partial charge in [0.25, 0.3) is 5.91 Å². The molecule has 2 amide bonds. The first-order valence-corrected chi connectivity index (χ1v) is 10.7. The van der Waals surface area contributed by atoms with Gasteiger partial charge in [-0.3, -0.25) is 4.79 Å². The molecule has 7 heteroatoms. The summed E-state index contributed by atoms with van der Waals surface area (Å²) in [6, 6.07) is 11.8. The maximum Gasteiger partial charge on any atom is 0.410 e. The second kappa shape index (κ2) is 9.03. The van der Waals surface area contributed by atoms with Gasteiger partial charge in [0.05, 0.1) is 0 Å². The van der Waals surface area contributed by atoms with Crippen molar-refractivity contribution < 1.29 is 14.3 Å². The molecule has 3 rings (SSSR count). The van der Waals surface area contributed by atoms with Crippen LogP contribution in [0.3, 0.4) is 0 Å². The zero-order chi connectivity index (χ0) is 21.0. The van der Waals surface area contributed by atoms with Gasteiger partial charge < -0.3 is 19.5 Å². The summed E-state index contributed by atoms with van der Waals surface area (Å²) in [6.07, 6.45) is 3.26. The van der Waals surface area contributed by atoms with Crippen LogP contribution in [0.5, 0.6) is 0 Å². The van der Waals surface area contributed by atoms with Gasteiger partial charge in [-0.1, -0.05) is 28.1 Å². The van der Waals surface area contributed by atoms with Crippen molar-refractivity contribution in [3.8, 4) is 0 Å². The lowest BCUT2D eigenvalue weighted by Gasteiger charge is -2.34. The summed E-state index contributed by atoms with van der Waals surface area (Å²) < 4.78 is 8.48. The van der Waals surface area contributed by atoms with E-state index < -0.39 is 5.60 Å². The van der Waals surface area contributed by atoms with E-state index in [0.717, 1.165) is 22.9 Å². The Labute approximate surface area is 180 Å². The molecule has 1 saturated heterocycles. The van der Waals surface area contributed by atoms with Crippen LogP contribution in [0.15, 0.2) is 47.1 Å². The fourth-order valence-electron chi connectivity index (χ4n) is 3.48. The number of carbonyl (C=O) groups excluding carboxylic acids is 2. The minimum atomic E-state index is -0.492. The number of halogens is 1. The fraction of sp³-hybridized carbons (Fsp3) is 0.455. The van der Waals surface area contributed by atoms with E-state index in [9.17, 15) is 9.59 Å². The average Bonchev–Trinajstić information content (AvgIpc) is 3.15. The van der Waals surface area contributed by atoms with Crippen molar-refractivity contribution in [2.75, 3.05) is 13.1 Å². The molecular weight excluding hydrogens is 434 g/mol. The number of likely N-dealkylation sites (tertiary alicyclic amines) is 1. The van der Waals surface area contributed by atoms with Crippen LogP contribution in [-0.2, 0) is 11.3 Å². The number of ether oxygens (including phenoxy) is 1. The highest BCUT2D eigenvalue weighted by atomic mass is 79.9. The molecule has 1 aromatic carbocycles. The van der Waals surface area contributed by atoms with Gasteiger partial charge in [0.2, 0.25) is 0 Å². The minimum absolute atomic E-state index is 0.0930. The monoisotopic (exact) mass is 461 g/mol. The first-order chi connectivity index (χ1) is 13.7. The summed E-state index contributed by atoms with van der Waals surface area (Å²) in [4.78, 5) is 26.7. The van der Waals surface area contributed by atoms with Crippen molar-refractivity contribution in [1.29, 1.82) is 0 Å². The lowest BCUT2D eigenvalue weighted by molar-refractivity contribution is 0.0187. The first-order valence-electron chi connectivity index (χ1n) is 9.90. The molecule has 1 N–H and O–H groups in total. The third-order valence-electron chi connectivity index (χ3n) is 4.86. The van der Waals surface area contributed by atoms with Gasteiger partial charge in [-0.25, -0.2) is 4.79 Å². The SMILES string of the molecule is CC(C)(C)OC(=O)N1CCC(n2cccc2C(=O)NCc2cccc(Br)c2)CC1. The lowest BCUT2D eigenvalue weighted by Crippen LogP contribution is -2.42. The summed E-state index contributed by atoms with van der Waals surface area (Å²) in [5.41, 5.74) is 1.20. The molecule has 2 heterocycles. The molecule has 0 unspecified atom stereocenters. The predicted molar refractivity (Wildman–Crippen MR) is 116 cm³/mol. The van der Waals surface area contributed by atoms with Crippen molar-refractivity contribution in [2.24, 2.45) is 0 Å². The van der Waals surface area contributed by atoms with E-state index in [1.54, 1.807) is 4.90 Å². The van der Waals surface area contributed by atoms with Gasteiger partial charge in [0.15, 0.2) is 0 Å². The van der Waals surface area contributed by atoms with Crippen molar-refractivity contribution in [1.82, 2.24) is 14.8 Å². The van der Waals surface area contributed by atoms with E-state index in [1.807, 2.05) is 67.9 Å². The van der Waals surface area contributed by atoms with Crippen LogP contribution >= 0.6 is 15.9 Å². The van der Waals surface area contributed by atoms with Gasteiger partial charge in [0, 0.05) is 36.3 Å². The molecule has 156 valence electrons. The molecule has 0 radical (unpaired) electrons. The van der Waals surface area contributed by atoms with Crippen molar-refractivity contribution >= 4 is 27.9 Å². The van der Waals surface area contributed by atoms with Crippen molar-refractivity contribution in [2.45, 2.75) is 51.8 Å². The Morgan fingerprint density at radius 1 is 1.17 bits per heavy atom. The molecule has 29 heavy (non-hydrogen) atoms. The van der Waals surface area contributed by atoms with E-state index in [1.165, 1.54) is 0 Å². The number of amides is 2. The Balaban J connectivity index is 1.57.